The van der Waals surface area contributed by atoms with Crippen molar-refractivity contribution in [2.75, 3.05) is 20.3 Å². The van der Waals surface area contributed by atoms with Gasteiger partial charge in [0.05, 0.1) is 18.1 Å². The molecule has 6 nitrogen and oxygen atoms in total. The predicted molar refractivity (Wildman–Crippen MR) is 66.2 cm³/mol. The van der Waals surface area contributed by atoms with Crippen LogP contribution in [0.1, 0.15) is 12.8 Å². The Labute approximate surface area is 105 Å². The van der Waals surface area contributed by atoms with E-state index < -0.39 is 4.92 Å². The first-order chi connectivity index (χ1) is 8.70. The maximum absolute atomic E-state index is 10.9. The van der Waals surface area contributed by atoms with Crippen LogP contribution in [0.2, 0.25) is 0 Å². The van der Waals surface area contributed by atoms with E-state index in [2.05, 4.69) is 5.32 Å². The summed E-state index contributed by atoms with van der Waals surface area (Å²) >= 11 is 0. The highest BCUT2D eigenvalue weighted by atomic mass is 16.6. The Morgan fingerprint density at radius 2 is 2.28 bits per heavy atom. The van der Waals surface area contributed by atoms with Crippen LogP contribution in [0.3, 0.4) is 0 Å². The number of methoxy groups -OCH3 is 1. The largest absolute Gasteiger partial charge is 0.496 e. The van der Waals surface area contributed by atoms with E-state index in [1.807, 2.05) is 0 Å². The fraction of sp³-hybridized carbons (Fsp3) is 0.500. The molecule has 0 bridgehead atoms. The molecule has 0 aliphatic heterocycles. The van der Waals surface area contributed by atoms with Crippen molar-refractivity contribution in [2.24, 2.45) is 0 Å². The standard InChI is InChI=1S/C12H16N2O4/c1-17-10-4-5-12(11(8-10)14(15)16)18-7-6-13-9-2-3-9/h4-5,8-9,13H,2-3,6-7H2,1H3. The molecule has 0 heterocycles. The van der Waals surface area contributed by atoms with E-state index in [1.165, 1.54) is 26.0 Å². The van der Waals surface area contributed by atoms with E-state index >= 15 is 0 Å². The summed E-state index contributed by atoms with van der Waals surface area (Å²) in [5, 5.41) is 14.2. The van der Waals surface area contributed by atoms with Crippen LogP contribution in [0.5, 0.6) is 11.5 Å². The van der Waals surface area contributed by atoms with Crippen molar-refractivity contribution >= 4 is 5.69 Å². The minimum absolute atomic E-state index is 0.0687. The van der Waals surface area contributed by atoms with E-state index in [0.717, 1.165) is 0 Å². The van der Waals surface area contributed by atoms with Crippen LogP contribution in [0.4, 0.5) is 5.69 Å². The van der Waals surface area contributed by atoms with Gasteiger partial charge in [-0.1, -0.05) is 0 Å². The number of rotatable bonds is 7. The first kappa shape index (κ1) is 12.6. The van der Waals surface area contributed by atoms with Gasteiger partial charge in [0.25, 0.3) is 0 Å². The Kier molecular flexibility index (Phi) is 3.99. The first-order valence-electron chi connectivity index (χ1n) is 5.89. The molecule has 1 N–H and O–H groups in total. The lowest BCUT2D eigenvalue weighted by Gasteiger charge is -2.08. The zero-order valence-corrected chi connectivity index (χ0v) is 10.2. The molecule has 1 aromatic rings. The van der Waals surface area contributed by atoms with Crippen LogP contribution in [0.25, 0.3) is 0 Å². The third-order valence-electron chi connectivity index (χ3n) is 2.73. The third kappa shape index (κ3) is 3.33. The van der Waals surface area contributed by atoms with Crippen molar-refractivity contribution < 1.29 is 14.4 Å². The topological polar surface area (TPSA) is 73.6 Å². The molecule has 6 heteroatoms. The van der Waals surface area contributed by atoms with Gasteiger partial charge in [0.2, 0.25) is 0 Å². The summed E-state index contributed by atoms with van der Waals surface area (Å²) in [6, 6.07) is 5.19. The zero-order valence-electron chi connectivity index (χ0n) is 10.2. The number of nitrogens with zero attached hydrogens (tertiary/aromatic N) is 1. The molecule has 0 atom stereocenters. The molecule has 0 radical (unpaired) electrons. The fourth-order valence-electron chi connectivity index (χ4n) is 1.60. The number of benzene rings is 1. The Balaban J connectivity index is 1.94. The molecule has 0 aromatic heterocycles. The number of nitro benzene ring substituents is 1. The Morgan fingerprint density at radius 3 is 2.89 bits per heavy atom. The van der Waals surface area contributed by atoms with Crippen LogP contribution >= 0.6 is 0 Å². The molecule has 1 aromatic carbocycles. The van der Waals surface area contributed by atoms with Crippen molar-refractivity contribution in [1.29, 1.82) is 0 Å². The van der Waals surface area contributed by atoms with Gasteiger partial charge >= 0.3 is 5.69 Å². The molecule has 1 fully saturated rings. The van der Waals surface area contributed by atoms with E-state index in [4.69, 9.17) is 9.47 Å². The number of hydrogen-bond acceptors (Lipinski definition) is 5. The van der Waals surface area contributed by atoms with Gasteiger partial charge in [0.1, 0.15) is 12.4 Å². The lowest BCUT2D eigenvalue weighted by Crippen LogP contribution is -2.23. The van der Waals surface area contributed by atoms with Gasteiger partial charge in [-0.25, -0.2) is 0 Å². The van der Waals surface area contributed by atoms with Crippen LogP contribution in [-0.4, -0.2) is 31.2 Å². The lowest BCUT2D eigenvalue weighted by atomic mass is 10.3. The molecule has 98 valence electrons. The normalized spacial score (nSPS) is 14.3. The van der Waals surface area contributed by atoms with Gasteiger partial charge in [0, 0.05) is 12.6 Å². The second-order valence-electron chi connectivity index (χ2n) is 4.17. The average molecular weight is 252 g/mol. The van der Waals surface area contributed by atoms with Crippen molar-refractivity contribution in [3.8, 4) is 11.5 Å². The molecule has 0 unspecified atom stereocenters. The van der Waals surface area contributed by atoms with Crippen LogP contribution < -0.4 is 14.8 Å². The minimum atomic E-state index is -0.466. The summed E-state index contributed by atoms with van der Waals surface area (Å²) in [6.07, 6.45) is 2.42. The molecular weight excluding hydrogens is 236 g/mol. The molecule has 0 amide bonds. The second kappa shape index (κ2) is 5.68. The highest BCUT2D eigenvalue weighted by Gasteiger charge is 2.20. The van der Waals surface area contributed by atoms with Crippen molar-refractivity contribution in [1.82, 2.24) is 5.32 Å². The summed E-state index contributed by atoms with van der Waals surface area (Å²) in [5.41, 5.74) is -0.0687. The van der Waals surface area contributed by atoms with Gasteiger partial charge in [0.15, 0.2) is 5.75 Å². The Hall–Kier alpha value is -1.82. The summed E-state index contributed by atoms with van der Waals surface area (Å²) < 4.78 is 10.4. The Bertz CT molecular complexity index is 432. The zero-order chi connectivity index (χ0) is 13.0. The monoisotopic (exact) mass is 252 g/mol. The van der Waals surface area contributed by atoms with Crippen LogP contribution in [0.15, 0.2) is 18.2 Å². The van der Waals surface area contributed by atoms with E-state index in [0.29, 0.717) is 24.9 Å². The minimum Gasteiger partial charge on any atom is -0.496 e. The van der Waals surface area contributed by atoms with Gasteiger partial charge < -0.3 is 14.8 Å². The van der Waals surface area contributed by atoms with Crippen molar-refractivity contribution in [2.45, 2.75) is 18.9 Å². The van der Waals surface area contributed by atoms with Gasteiger partial charge in [-0.15, -0.1) is 0 Å². The quantitative estimate of drug-likeness (QED) is 0.454. The van der Waals surface area contributed by atoms with Crippen LogP contribution in [0, 0.1) is 10.1 Å². The smallest absolute Gasteiger partial charge is 0.314 e. The van der Waals surface area contributed by atoms with Crippen molar-refractivity contribution in [3.05, 3.63) is 28.3 Å². The maximum Gasteiger partial charge on any atom is 0.314 e. The molecule has 0 spiro atoms. The third-order valence-corrected chi connectivity index (χ3v) is 2.73. The number of nitrogens with one attached hydrogen (secondary N) is 1. The average Bonchev–Trinajstić information content (AvgIpc) is 3.18. The molecule has 1 aliphatic rings. The van der Waals surface area contributed by atoms with E-state index in [9.17, 15) is 10.1 Å². The van der Waals surface area contributed by atoms with Crippen LogP contribution in [-0.2, 0) is 0 Å². The summed E-state index contributed by atoms with van der Waals surface area (Å²) in [7, 11) is 1.47. The summed E-state index contributed by atoms with van der Waals surface area (Å²) in [5.74, 6) is 0.726. The second-order valence-corrected chi connectivity index (χ2v) is 4.17. The summed E-state index contributed by atoms with van der Waals surface area (Å²) in [4.78, 5) is 10.4. The molecule has 0 saturated heterocycles. The predicted octanol–water partition coefficient (Wildman–Crippen LogP) is 1.73. The lowest BCUT2D eigenvalue weighted by molar-refractivity contribution is -0.385. The summed E-state index contributed by atoms with van der Waals surface area (Å²) in [6.45, 7) is 1.12. The fourth-order valence-corrected chi connectivity index (χ4v) is 1.60. The van der Waals surface area contributed by atoms with E-state index in [-0.39, 0.29) is 11.4 Å². The number of ether oxygens (including phenoxy) is 2. The molecule has 1 saturated carbocycles. The molecule has 1 aliphatic carbocycles. The van der Waals surface area contributed by atoms with Gasteiger partial charge in [-0.3, -0.25) is 10.1 Å². The molecular formula is C12H16N2O4. The molecule has 18 heavy (non-hydrogen) atoms. The van der Waals surface area contributed by atoms with E-state index in [1.54, 1.807) is 12.1 Å². The highest BCUT2D eigenvalue weighted by molar-refractivity contribution is 5.50. The maximum atomic E-state index is 10.9. The number of nitro groups is 1. The Morgan fingerprint density at radius 1 is 1.50 bits per heavy atom. The molecule has 2 rings (SSSR count). The van der Waals surface area contributed by atoms with Gasteiger partial charge in [-0.2, -0.15) is 0 Å². The SMILES string of the molecule is COc1ccc(OCCNC2CC2)c([N+](=O)[O-])c1. The highest BCUT2D eigenvalue weighted by Crippen LogP contribution is 2.30. The first-order valence-corrected chi connectivity index (χ1v) is 5.89. The van der Waals surface area contributed by atoms with Gasteiger partial charge in [-0.05, 0) is 25.0 Å². The van der Waals surface area contributed by atoms with Crippen molar-refractivity contribution in [3.63, 3.8) is 0 Å². The number of hydrogen-bond donors (Lipinski definition) is 1.